The first kappa shape index (κ1) is 47.4. The molecule has 0 saturated heterocycles. The highest BCUT2D eigenvalue weighted by Crippen LogP contribution is 2.47. The molecular formula is C39H80O6Si3. The van der Waals surface area contributed by atoms with Crippen LogP contribution < -0.4 is 0 Å². The highest BCUT2D eigenvalue weighted by molar-refractivity contribution is 6.74. The van der Waals surface area contributed by atoms with Crippen molar-refractivity contribution in [2.45, 2.75) is 209 Å². The van der Waals surface area contributed by atoms with Gasteiger partial charge in [0.05, 0.1) is 24.7 Å². The second-order valence-corrected chi connectivity index (χ2v) is 33.5. The molecule has 0 heterocycles. The van der Waals surface area contributed by atoms with E-state index in [4.69, 9.17) is 18.0 Å². The fraction of sp³-hybridized carbons (Fsp3) is 0.897. The largest absolute Gasteiger partial charge is 0.460 e. The van der Waals surface area contributed by atoms with Gasteiger partial charge in [0.25, 0.3) is 0 Å². The molecule has 0 amide bonds. The third-order valence-corrected chi connectivity index (χ3v) is 25.2. The van der Waals surface area contributed by atoms with Gasteiger partial charge in [-0.2, -0.15) is 0 Å². The summed E-state index contributed by atoms with van der Waals surface area (Å²) in [6.07, 6.45) is 1.24. The monoisotopic (exact) mass is 729 g/mol. The maximum Gasteiger partial charge on any atom is 0.308 e. The van der Waals surface area contributed by atoms with Crippen LogP contribution >= 0.6 is 0 Å². The van der Waals surface area contributed by atoms with Gasteiger partial charge in [0.15, 0.2) is 25.0 Å². The highest BCUT2D eigenvalue weighted by Gasteiger charge is 2.52. The van der Waals surface area contributed by atoms with Crippen LogP contribution in [0.2, 0.25) is 54.4 Å². The number of carbonyl (C=O) groups is 2. The second kappa shape index (κ2) is 17.3. The smallest absolute Gasteiger partial charge is 0.308 e. The van der Waals surface area contributed by atoms with E-state index in [-0.39, 0.29) is 52.3 Å². The zero-order valence-electron chi connectivity index (χ0n) is 35.7. The summed E-state index contributed by atoms with van der Waals surface area (Å²) in [5.41, 5.74) is -0.131. The average Bonchev–Trinajstić information content (AvgIpc) is 2.89. The van der Waals surface area contributed by atoms with Crippen molar-refractivity contribution in [3.05, 3.63) is 11.6 Å². The van der Waals surface area contributed by atoms with Crippen LogP contribution in [0.15, 0.2) is 11.6 Å². The van der Waals surface area contributed by atoms with Gasteiger partial charge in [-0.1, -0.05) is 96.1 Å². The molecule has 0 aliphatic rings. The minimum Gasteiger partial charge on any atom is -0.460 e. The lowest BCUT2D eigenvalue weighted by Crippen LogP contribution is -2.58. The van der Waals surface area contributed by atoms with E-state index in [9.17, 15) is 9.59 Å². The van der Waals surface area contributed by atoms with Crippen molar-refractivity contribution >= 4 is 36.7 Å². The molecule has 0 aromatic carbocycles. The van der Waals surface area contributed by atoms with Crippen LogP contribution in [0.25, 0.3) is 0 Å². The number of ketones is 1. The molecule has 0 aliphatic heterocycles. The number of carbonyl (C=O) groups excluding carboxylic acids is 2. The normalized spacial score (nSPS) is 17.8. The molecule has 0 aromatic heterocycles. The predicted octanol–water partition coefficient (Wildman–Crippen LogP) is 11.7. The summed E-state index contributed by atoms with van der Waals surface area (Å²) >= 11 is 0. The fourth-order valence-corrected chi connectivity index (χ4v) is 11.7. The number of esters is 1. The second-order valence-electron chi connectivity index (χ2n) is 19.2. The van der Waals surface area contributed by atoms with E-state index >= 15 is 0 Å². The van der Waals surface area contributed by atoms with E-state index in [1.165, 1.54) is 0 Å². The maximum atomic E-state index is 13.6. The van der Waals surface area contributed by atoms with Gasteiger partial charge >= 0.3 is 5.97 Å². The Hall–Kier alpha value is -0.589. The molecule has 0 fully saturated rings. The third kappa shape index (κ3) is 13.2. The van der Waals surface area contributed by atoms with Gasteiger partial charge in [0.1, 0.15) is 11.4 Å². The molecule has 0 saturated carbocycles. The summed E-state index contributed by atoms with van der Waals surface area (Å²) in [5.74, 6) is -0.426. The molecule has 5 atom stereocenters. The summed E-state index contributed by atoms with van der Waals surface area (Å²) in [7, 11) is -6.79. The van der Waals surface area contributed by atoms with Gasteiger partial charge in [0, 0.05) is 17.3 Å². The van der Waals surface area contributed by atoms with Crippen molar-refractivity contribution < 1.29 is 27.6 Å². The zero-order chi connectivity index (χ0) is 38.5. The average molecular weight is 729 g/mol. The Kier molecular flexibility index (Phi) is 17.1. The minimum atomic E-state index is -2.34. The Bertz CT molecular complexity index is 1060. The Balaban J connectivity index is 7.76. The van der Waals surface area contributed by atoms with Crippen molar-refractivity contribution in [1.29, 1.82) is 0 Å². The van der Waals surface area contributed by atoms with Crippen LogP contribution in [0.3, 0.4) is 0 Å². The van der Waals surface area contributed by atoms with Crippen LogP contribution in [0, 0.1) is 17.3 Å². The lowest BCUT2D eigenvalue weighted by Gasteiger charge is -2.52. The summed E-state index contributed by atoms with van der Waals surface area (Å²) in [6.45, 7) is 47.6. The van der Waals surface area contributed by atoms with Crippen LogP contribution in [0.4, 0.5) is 0 Å². The van der Waals surface area contributed by atoms with E-state index in [1.807, 2.05) is 27.7 Å². The van der Waals surface area contributed by atoms with E-state index in [0.717, 1.165) is 23.7 Å². The lowest BCUT2D eigenvalue weighted by molar-refractivity contribution is -0.160. The van der Waals surface area contributed by atoms with Gasteiger partial charge in [-0.15, -0.1) is 0 Å². The molecular weight excluding hydrogens is 649 g/mol. The summed E-state index contributed by atoms with van der Waals surface area (Å²) < 4.78 is 28.2. The molecule has 6 nitrogen and oxygen atoms in total. The molecule has 0 spiro atoms. The summed E-state index contributed by atoms with van der Waals surface area (Å²) in [4.78, 5) is 26.1. The molecule has 48 heavy (non-hydrogen) atoms. The zero-order valence-corrected chi connectivity index (χ0v) is 38.7. The minimum absolute atomic E-state index is 0.0111. The van der Waals surface area contributed by atoms with E-state index in [1.54, 1.807) is 6.92 Å². The molecule has 0 rings (SSSR count). The topological polar surface area (TPSA) is 71.1 Å². The van der Waals surface area contributed by atoms with E-state index in [2.05, 4.69) is 122 Å². The Morgan fingerprint density at radius 3 is 1.46 bits per heavy atom. The number of allylic oxidation sites excluding steroid dienone is 1. The van der Waals surface area contributed by atoms with Gasteiger partial charge in [-0.05, 0) is 94.6 Å². The molecule has 0 unspecified atom stereocenters. The van der Waals surface area contributed by atoms with Crippen molar-refractivity contribution in [3.8, 4) is 0 Å². The SMILES string of the molecule is CC[Si](CC)(CC)O[C@@H]([C@H](C)[C@@H](O[Si](C)(C)C(C)(C)C)/C(C)=C/[C@@H](C)C(C)=O)C(C)(C)[C@@H](CC(=O)OC(C)(C)C)O[Si](C)(C)C(C)(C)C. The first-order chi connectivity index (χ1) is 21.2. The van der Waals surface area contributed by atoms with Crippen LogP contribution in [-0.4, -0.2) is 60.6 Å². The number of rotatable bonds is 18. The van der Waals surface area contributed by atoms with Crippen molar-refractivity contribution in [2.75, 3.05) is 0 Å². The molecule has 0 radical (unpaired) electrons. The standard InChI is InChI=1S/C39H80O6Si3/c1-23-48(24-2,25-3)45-35(30(6)34(29(5)26-28(4)31(7)40)44-47(21,22)38(14,15)16)39(17,18)32(27-33(41)42-36(8,9)10)43-46(19,20)37(11,12)13/h26,28,30,32,34-35H,23-25,27H2,1-22H3/b29-26+/t28-,30-,32-,34+,35+/m1/s1. The molecule has 0 N–H and O–H groups in total. The third-order valence-electron chi connectivity index (χ3n) is 11.7. The number of hydrogen-bond donors (Lipinski definition) is 0. The molecule has 9 heteroatoms. The molecule has 0 bridgehead atoms. The number of hydrogen-bond acceptors (Lipinski definition) is 6. The van der Waals surface area contributed by atoms with Crippen molar-refractivity contribution in [3.63, 3.8) is 0 Å². The quantitative estimate of drug-likeness (QED) is 0.0795. The van der Waals surface area contributed by atoms with E-state index < -0.39 is 42.1 Å². The van der Waals surface area contributed by atoms with E-state index in [0.29, 0.717) is 0 Å². The van der Waals surface area contributed by atoms with Gasteiger partial charge < -0.3 is 18.0 Å². The summed E-state index contributed by atoms with van der Waals surface area (Å²) in [6, 6.07) is 3.01. The summed E-state index contributed by atoms with van der Waals surface area (Å²) in [5, 5.41) is -0.0646. The van der Waals surface area contributed by atoms with Crippen molar-refractivity contribution in [2.24, 2.45) is 17.3 Å². The Morgan fingerprint density at radius 2 is 1.10 bits per heavy atom. The number of Topliss-reactive ketones (excluding diaryl/α,β-unsaturated/α-hetero) is 1. The van der Waals surface area contributed by atoms with Gasteiger partial charge in [-0.3, -0.25) is 9.59 Å². The van der Waals surface area contributed by atoms with Gasteiger partial charge in [-0.25, -0.2) is 0 Å². The first-order valence-electron chi connectivity index (χ1n) is 18.7. The molecule has 0 aromatic rings. The fourth-order valence-electron chi connectivity index (χ4n) is 5.79. The van der Waals surface area contributed by atoms with Gasteiger partial charge in [0.2, 0.25) is 0 Å². The predicted molar refractivity (Wildman–Crippen MR) is 213 cm³/mol. The number of ether oxygens (including phenoxy) is 1. The van der Waals surface area contributed by atoms with Crippen LogP contribution in [0.1, 0.15) is 131 Å². The molecule has 284 valence electrons. The lowest BCUT2D eigenvalue weighted by atomic mass is 9.72. The van der Waals surface area contributed by atoms with Crippen LogP contribution in [0.5, 0.6) is 0 Å². The van der Waals surface area contributed by atoms with Crippen molar-refractivity contribution in [1.82, 2.24) is 0 Å². The van der Waals surface area contributed by atoms with Crippen LogP contribution in [-0.2, 0) is 27.6 Å². The molecule has 0 aliphatic carbocycles. The Labute approximate surface area is 301 Å². The maximum absolute atomic E-state index is 13.6. The first-order valence-corrected chi connectivity index (χ1v) is 27.0. The Morgan fingerprint density at radius 1 is 0.688 bits per heavy atom. The highest BCUT2D eigenvalue weighted by atomic mass is 28.4.